The van der Waals surface area contributed by atoms with Gasteiger partial charge in [-0.3, -0.25) is 38.4 Å². The first-order valence-corrected chi connectivity index (χ1v) is 18.3. The number of aromatic nitrogens is 5. The van der Waals surface area contributed by atoms with Crippen molar-refractivity contribution in [3.05, 3.63) is 88.2 Å². The summed E-state index contributed by atoms with van der Waals surface area (Å²) < 4.78 is 36.9. The number of piperidine rings is 2. The van der Waals surface area contributed by atoms with Gasteiger partial charge in [0.05, 0.1) is 35.1 Å². The number of alkyl halides is 2. The number of carbonyl (C=O) groups excluding carboxylic acids is 3. The third kappa shape index (κ3) is 6.55. The van der Waals surface area contributed by atoms with Gasteiger partial charge in [-0.1, -0.05) is 18.2 Å². The van der Waals surface area contributed by atoms with Crippen LogP contribution in [0.1, 0.15) is 84.7 Å². The number of imide groups is 1. The summed E-state index contributed by atoms with van der Waals surface area (Å²) in [4.78, 5) is 56.4. The van der Waals surface area contributed by atoms with Gasteiger partial charge < -0.3 is 5.32 Å². The molecular weight excluding hydrogens is 696 g/mol. The molecule has 8 rings (SSSR count). The maximum Gasteiger partial charge on any atom is 0.329 e. The first-order chi connectivity index (χ1) is 26.0. The number of rotatable bonds is 7. The summed E-state index contributed by atoms with van der Waals surface area (Å²) in [6, 6.07) is 16.4. The highest BCUT2D eigenvalue weighted by molar-refractivity contribution is 6.04. The zero-order chi connectivity index (χ0) is 37.7. The summed E-state index contributed by atoms with van der Waals surface area (Å²) >= 11 is 0. The fraction of sp³-hybridized carbons (Fsp3) is 0.410. The van der Waals surface area contributed by atoms with Crippen LogP contribution in [0.25, 0.3) is 21.9 Å². The van der Waals surface area contributed by atoms with Crippen LogP contribution in [0.15, 0.2) is 65.6 Å². The topological polar surface area (TPSA) is 160 Å². The Balaban J connectivity index is 0.895. The van der Waals surface area contributed by atoms with Crippen molar-refractivity contribution in [1.82, 2.24) is 34.1 Å². The number of nitriles is 1. The number of imidazole rings is 1. The molecule has 0 radical (unpaired) electrons. The highest BCUT2D eigenvalue weighted by Crippen LogP contribution is 2.44. The van der Waals surface area contributed by atoms with Gasteiger partial charge in [-0.2, -0.15) is 10.4 Å². The number of aryl methyl sites for hydroxylation is 1. The number of anilines is 1. The number of fused-ring (bicyclic) bond motifs is 2. The molecule has 278 valence electrons. The molecule has 1 aliphatic carbocycles. The normalized spacial score (nSPS) is 23.3. The molecule has 2 unspecified atom stereocenters. The van der Waals surface area contributed by atoms with E-state index in [0.717, 1.165) is 36.6 Å². The molecule has 5 heterocycles. The monoisotopic (exact) mass is 735 g/mol. The molecule has 54 heavy (non-hydrogen) atoms. The number of para-hydroxylation sites is 1. The molecule has 2 N–H and O–H groups in total. The number of hydrogen-bond acceptors (Lipinski definition) is 8. The number of likely N-dealkylation sites (tertiary alicyclic amines) is 1. The molecule has 3 aromatic heterocycles. The average molecular weight is 736 g/mol. The predicted octanol–water partition coefficient (Wildman–Crippen LogP) is 5.04. The highest BCUT2D eigenvalue weighted by Gasteiger charge is 2.47. The van der Waals surface area contributed by atoms with Gasteiger partial charge >= 0.3 is 5.69 Å². The van der Waals surface area contributed by atoms with E-state index in [0.29, 0.717) is 35.4 Å². The lowest BCUT2D eigenvalue weighted by molar-refractivity contribution is -0.135. The molecule has 0 bridgehead atoms. The fourth-order valence-corrected chi connectivity index (χ4v) is 8.61. The van der Waals surface area contributed by atoms with Crippen LogP contribution in [0.2, 0.25) is 0 Å². The Morgan fingerprint density at radius 2 is 1.83 bits per heavy atom. The first kappa shape index (κ1) is 35.3. The van der Waals surface area contributed by atoms with E-state index >= 15 is 8.78 Å². The van der Waals surface area contributed by atoms with E-state index in [1.807, 2.05) is 34.0 Å². The summed E-state index contributed by atoms with van der Waals surface area (Å²) in [5.74, 6) is -5.22. The van der Waals surface area contributed by atoms with Crippen LogP contribution >= 0.6 is 0 Å². The van der Waals surface area contributed by atoms with E-state index in [2.05, 4.69) is 15.6 Å². The summed E-state index contributed by atoms with van der Waals surface area (Å²) in [6.45, 7) is 0.709. The number of nitrogens with one attached hydrogen (secondary N) is 2. The van der Waals surface area contributed by atoms with Gasteiger partial charge in [0.25, 0.3) is 11.8 Å². The van der Waals surface area contributed by atoms with Crippen LogP contribution in [-0.2, 0) is 16.6 Å². The van der Waals surface area contributed by atoms with Crippen LogP contribution in [0.3, 0.4) is 0 Å². The van der Waals surface area contributed by atoms with Crippen molar-refractivity contribution in [2.24, 2.45) is 13.0 Å². The van der Waals surface area contributed by atoms with Crippen molar-refractivity contribution in [3.63, 3.8) is 0 Å². The van der Waals surface area contributed by atoms with Crippen LogP contribution in [0.4, 0.5) is 14.5 Å². The zero-order valence-corrected chi connectivity index (χ0v) is 29.7. The van der Waals surface area contributed by atoms with Gasteiger partial charge in [0, 0.05) is 37.3 Å². The molecule has 5 aromatic rings. The lowest BCUT2D eigenvalue weighted by Gasteiger charge is -2.41. The molecule has 2 aromatic carbocycles. The summed E-state index contributed by atoms with van der Waals surface area (Å²) in [7, 11) is 1.54. The van der Waals surface area contributed by atoms with Crippen LogP contribution < -0.4 is 16.3 Å². The van der Waals surface area contributed by atoms with Crippen LogP contribution in [0, 0.1) is 17.2 Å². The molecule has 3 fully saturated rings. The average Bonchev–Trinajstić information content (AvgIpc) is 3.69. The van der Waals surface area contributed by atoms with Gasteiger partial charge in [-0.15, -0.1) is 0 Å². The second-order valence-electron chi connectivity index (χ2n) is 14.8. The molecule has 3 amide bonds. The second kappa shape index (κ2) is 13.9. The maximum atomic E-state index is 16.1. The Hall–Kier alpha value is -5.75. The number of halogens is 2. The summed E-state index contributed by atoms with van der Waals surface area (Å²) in [6.07, 6.45) is 5.99. The molecule has 0 spiro atoms. The predicted molar refractivity (Wildman–Crippen MR) is 195 cm³/mol. The van der Waals surface area contributed by atoms with E-state index in [-0.39, 0.29) is 49.2 Å². The largest absolute Gasteiger partial charge is 0.329 e. The van der Waals surface area contributed by atoms with Gasteiger partial charge in [0.1, 0.15) is 23.5 Å². The van der Waals surface area contributed by atoms with Crippen molar-refractivity contribution < 1.29 is 23.2 Å². The smallest absolute Gasteiger partial charge is 0.321 e. The van der Waals surface area contributed by atoms with E-state index in [4.69, 9.17) is 10.4 Å². The number of amides is 3. The van der Waals surface area contributed by atoms with Gasteiger partial charge in [-0.25, -0.2) is 18.6 Å². The Kier molecular flexibility index (Phi) is 9.09. The quantitative estimate of drug-likeness (QED) is 0.220. The number of pyridine rings is 1. The molecule has 2 saturated heterocycles. The van der Waals surface area contributed by atoms with E-state index < -0.39 is 41.3 Å². The second-order valence-corrected chi connectivity index (χ2v) is 14.8. The molecule has 13 nitrogen and oxygen atoms in total. The zero-order valence-electron chi connectivity index (χ0n) is 29.7. The van der Waals surface area contributed by atoms with E-state index in [1.54, 1.807) is 43.4 Å². The van der Waals surface area contributed by atoms with Gasteiger partial charge in [0.15, 0.2) is 0 Å². The molecule has 2 atom stereocenters. The van der Waals surface area contributed by atoms with Crippen molar-refractivity contribution in [3.8, 4) is 6.07 Å². The van der Waals surface area contributed by atoms with Gasteiger partial charge in [0.2, 0.25) is 11.8 Å². The minimum atomic E-state index is -3.04. The fourth-order valence-electron chi connectivity index (χ4n) is 8.61. The standard InChI is InChI=1S/C39H39F2N9O4/c1-47-35-28(5-3-7-32(35)50(38(47)54)33-14-15-34(51)45-37(33)53)29-16-17-48(22-39(29,40)41)20-23-8-11-27(12-9-23)49-21-24-18-25(10-13-30(24)46-49)44-36(52)31-6-2-4-26(19-42)43-31/h2-7,10,13,18,21,23,27,29,33H,8-9,11-12,14-17,20,22H2,1H3,(H,44,52)(H,45,51,53)/t23-,27-,29?,33?. The Morgan fingerprint density at radius 1 is 1.04 bits per heavy atom. The molecular formula is C39H39F2N9O4. The highest BCUT2D eigenvalue weighted by atomic mass is 19.3. The first-order valence-electron chi connectivity index (χ1n) is 18.3. The lowest BCUT2D eigenvalue weighted by atomic mass is 9.83. The third-order valence-electron chi connectivity index (χ3n) is 11.3. The summed E-state index contributed by atoms with van der Waals surface area (Å²) in [5, 5.41) is 19.9. The lowest BCUT2D eigenvalue weighted by Crippen LogP contribution is -2.49. The van der Waals surface area contributed by atoms with Crippen molar-refractivity contribution in [1.29, 1.82) is 5.26 Å². The van der Waals surface area contributed by atoms with Crippen molar-refractivity contribution in [2.75, 3.05) is 25.0 Å². The van der Waals surface area contributed by atoms with Crippen molar-refractivity contribution in [2.45, 2.75) is 68.9 Å². The van der Waals surface area contributed by atoms with E-state index in [1.165, 1.54) is 15.2 Å². The number of nitrogens with zero attached hydrogens (tertiary/aromatic N) is 7. The number of carbonyl (C=O) groups is 3. The Morgan fingerprint density at radius 3 is 2.59 bits per heavy atom. The number of benzene rings is 2. The molecule has 15 heteroatoms. The molecule has 1 saturated carbocycles. The minimum Gasteiger partial charge on any atom is -0.321 e. The third-order valence-corrected chi connectivity index (χ3v) is 11.3. The van der Waals surface area contributed by atoms with Gasteiger partial charge in [-0.05, 0) is 92.9 Å². The van der Waals surface area contributed by atoms with Crippen LogP contribution in [0.5, 0.6) is 0 Å². The van der Waals surface area contributed by atoms with Crippen molar-refractivity contribution >= 4 is 45.3 Å². The van der Waals surface area contributed by atoms with Crippen LogP contribution in [-0.4, -0.2) is 72.1 Å². The Labute approximate surface area is 308 Å². The Bertz CT molecular complexity index is 2400. The summed E-state index contributed by atoms with van der Waals surface area (Å²) in [5.41, 5.74) is 2.44. The maximum absolute atomic E-state index is 16.1. The van der Waals surface area contributed by atoms with E-state index in [9.17, 15) is 19.2 Å². The number of hydrogen-bond donors (Lipinski definition) is 2. The molecule has 3 aliphatic rings. The minimum absolute atomic E-state index is 0.0990. The SMILES string of the molecule is Cn1c(=O)n(C2CCC(=O)NC2=O)c2cccc(C3CCN(C[C@H]4CC[C@H](n5cc6cc(NC(=O)c7cccc(C#N)n7)ccc6n5)CC4)CC3(F)F)c21. The molecule has 2 aliphatic heterocycles.